The molecule has 2 unspecified atom stereocenters. The largest absolute Gasteiger partial charge is 0.305 e. The first-order chi connectivity index (χ1) is 7.25. The second-order valence-electron chi connectivity index (χ2n) is 3.90. The van der Waals surface area contributed by atoms with E-state index in [1.807, 2.05) is 11.0 Å². The molecule has 2 saturated heterocycles. The molecule has 1 aromatic heterocycles. The van der Waals surface area contributed by atoms with Gasteiger partial charge in [0.2, 0.25) is 5.91 Å². The van der Waals surface area contributed by atoms with Crippen LogP contribution in [0, 0.1) is 0 Å². The van der Waals surface area contributed by atoms with Crippen molar-refractivity contribution in [2.45, 2.75) is 18.5 Å². The summed E-state index contributed by atoms with van der Waals surface area (Å²) < 4.78 is 0. The fourth-order valence-corrected chi connectivity index (χ4v) is 2.41. The predicted octanol–water partition coefficient (Wildman–Crippen LogP) is 0.812. The van der Waals surface area contributed by atoms with Crippen molar-refractivity contribution in [3.63, 3.8) is 0 Å². The Balaban J connectivity index is 1.94. The minimum absolute atomic E-state index is 0.00526. The van der Waals surface area contributed by atoms with E-state index in [0.29, 0.717) is 5.15 Å². The summed E-state index contributed by atoms with van der Waals surface area (Å²) in [7, 11) is 0. The van der Waals surface area contributed by atoms with Gasteiger partial charge in [0, 0.05) is 6.54 Å². The van der Waals surface area contributed by atoms with Crippen molar-refractivity contribution >= 4 is 23.2 Å². The van der Waals surface area contributed by atoms with Crippen LogP contribution in [0.5, 0.6) is 0 Å². The molecule has 2 fully saturated rings. The number of anilines is 1. The number of carbonyl (C=O) groups is 1. The fraction of sp³-hybridized carbons (Fsp3) is 0.400. The Morgan fingerprint density at radius 3 is 3.00 bits per heavy atom. The van der Waals surface area contributed by atoms with Gasteiger partial charge in [-0.25, -0.2) is 4.98 Å². The highest BCUT2D eigenvalue weighted by atomic mass is 35.5. The Hall–Kier alpha value is -1.13. The van der Waals surface area contributed by atoms with E-state index < -0.39 is 0 Å². The van der Waals surface area contributed by atoms with Gasteiger partial charge in [0.1, 0.15) is 5.15 Å². The van der Waals surface area contributed by atoms with Gasteiger partial charge in [0.25, 0.3) is 0 Å². The van der Waals surface area contributed by atoms with Gasteiger partial charge in [-0.2, -0.15) is 0 Å². The number of halogens is 1. The summed E-state index contributed by atoms with van der Waals surface area (Å²) in [4.78, 5) is 17.7. The Morgan fingerprint density at radius 2 is 2.40 bits per heavy atom. The van der Waals surface area contributed by atoms with Crippen molar-refractivity contribution in [1.82, 2.24) is 10.3 Å². The third-order valence-electron chi connectivity index (χ3n) is 3.00. The summed E-state index contributed by atoms with van der Waals surface area (Å²) in [6.07, 6.45) is 2.56. The number of carbonyl (C=O) groups excluding carboxylic acids is 1. The van der Waals surface area contributed by atoms with Crippen molar-refractivity contribution in [2.24, 2.45) is 0 Å². The number of hydrogen-bond acceptors (Lipinski definition) is 3. The van der Waals surface area contributed by atoms with E-state index in [4.69, 9.17) is 11.6 Å². The fourth-order valence-electron chi connectivity index (χ4n) is 2.30. The van der Waals surface area contributed by atoms with E-state index in [-0.39, 0.29) is 18.0 Å². The highest BCUT2D eigenvalue weighted by molar-refractivity contribution is 6.29. The molecule has 5 heteroatoms. The molecule has 3 rings (SSSR count). The van der Waals surface area contributed by atoms with E-state index in [1.54, 1.807) is 12.3 Å². The van der Waals surface area contributed by atoms with Crippen molar-refractivity contribution in [3.05, 3.63) is 23.5 Å². The van der Waals surface area contributed by atoms with Crippen molar-refractivity contribution in [1.29, 1.82) is 0 Å². The average molecular weight is 224 g/mol. The summed E-state index contributed by atoms with van der Waals surface area (Å²) >= 11 is 5.71. The summed E-state index contributed by atoms with van der Waals surface area (Å²) in [5.41, 5.74) is 0.846. The number of pyridine rings is 1. The van der Waals surface area contributed by atoms with Crippen molar-refractivity contribution in [3.8, 4) is 0 Å². The Morgan fingerprint density at radius 1 is 1.53 bits per heavy atom. The number of rotatable bonds is 1. The first kappa shape index (κ1) is 9.12. The quantitative estimate of drug-likeness (QED) is 0.717. The van der Waals surface area contributed by atoms with E-state index in [1.165, 1.54) is 0 Å². The van der Waals surface area contributed by atoms with Crippen LogP contribution in [-0.4, -0.2) is 29.5 Å². The van der Waals surface area contributed by atoms with Crippen LogP contribution in [0.1, 0.15) is 6.42 Å². The van der Waals surface area contributed by atoms with Gasteiger partial charge in [0.15, 0.2) is 0 Å². The first-order valence-corrected chi connectivity index (χ1v) is 5.31. The Labute approximate surface area is 92.2 Å². The topological polar surface area (TPSA) is 45.2 Å². The van der Waals surface area contributed by atoms with E-state index in [2.05, 4.69) is 10.3 Å². The molecule has 2 aliphatic heterocycles. The molecular formula is C10H10ClN3O. The molecule has 2 bridgehead atoms. The van der Waals surface area contributed by atoms with Gasteiger partial charge < -0.3 is 10.2 Å². The second-order valence-corrected chi connectivity index (χ2v) is 4.28. The molecule has 1 N–H and O–H groups in total. The van der Waals surface area contributed by atoms with Gasteiger partial charge in [-0.05, 0) is 18.6 Å². The van der Waals surface area contributed by atoms with Crippen molar-refractivity contribution < 1.29 is 4.79 Å². The minimum Gasteiger partial charge on any atom is -0.305 e. The van der Waals surface area contributed by atoms with Crippen LogP contribution in [0.3, 0.4) is 0 Å². The van der Waals surface area contributed by atoms with Gasteiger partial charge >= 0.3 is 0 Å². The zero-order valence-electron chi connectivity index (χ0n) is 7.98. The minimum atomic E-state index is 0.00526. The van der Waals surface area contributed by atoms with Crippen LogP contribution in [0.25, 0.3) is 0 Å². The van der Waals surface area contributed by atoms with Gasteiger partial charge in [-0.15, -0.1) is 0 Å². The zero-order valence-corrected chi connectivity index (χ0v) is 8.74. The van der Waals surface area contributed by atoms with Crippen LogP contribution in [0.4, 0.5) is 5.69 Å². The molecular weight excluding hydrogens is 214 g/mol. The van der Waals surface area contributed by atoms with E-state index in [0.717, 1.165) is 18.7 Å². The lowest BCUT2D eigenvalue weighted by atomic mass is 10.2. The smallest absolute Gasteiger partial charge is 0.244 e. The lowest BCUT2D eigenvalue weighted by Crippen LogP contribution is -2.48. The molecule has 1 aromatic rings. The normalized spacial score (nSPS) is 28.9. The molecule has 0 saturated carbocycles. The molecule has 0 spiro atoms. The molecule has 3 heterocycles. The molecule has 0 aliphatic carbocycles. The SMILES string of the molecule is O=C1C2CC(CN2)N1c1ccc(Cl)nc1. The predicted molar refractivity (Wildman–Crippen MR) is 56.9 cm³/mol. The highest BCUT2D eigenvalue weighted by Gasteiger charge is 2.45. The summed E-state index contributed by atoms with van der Waals surface area (Å²) in [6, 6.07) is 3.84. The van der Waals surface area contributed by atoms with Gasteiger partial charge in [-0.1, -0.05) is 11.6 Å². The number of hydrogen-bond donors (Lipinski definition) is 1. The summed E-state index contributed by atoms with van der Waals surface area (Å²) in [5, 5.41) is 3.63. The standard InChI is InChI=1S/C10H10ClN3O/c11-9-2-1-6(4-13-9)14-7-3-8(10(14)15)12-5-7/h1-2,4,7-8,12H,3,5H2. The molecule has 0 radical (unpaired) electrons. The molecule has 1 amide bonds. The third kappa shape index (κ3) is 1.33. The van der Waals surface area contributed by atoms with Gasteiger partial charge in [0.05, 0.1) is 24.0 Å². The van der Waals surface area contributed by atoms with Crippen LogP contribution in [-0.2, 0) is 4.79 Å². The highest BCUT2D eigenvalue weighted by Crippen LogP contribution is 2.30. The van der Waals surface area contributed by atoms with Crippen LogP contribution >= 0.6 is 11.6 Å². The summed E-state index contributed by atoms with van der Waals surface area (Å²) in [5.74, 6) is 0.148. The first-order valence-electron chi connectivity index (χ1n) is 4.94. The number of fused-ring (bicyclic) bond motifs is 2. The maximum absolute atomic E-state index is 11.9. The maximum Gasteiger partial charge on any atom is 0.244 e. The molecule has 0 aromatic carbocycles. The number of amides is 1. The van der Waals surface area contributed by atoms with Crippen LogP contribution in [0.15, 0.2) is 18.3 Å². The molecule has 15 heavy (non-hydrogen) atoms. The zero-order chi connectivity index (χ0) is 10.4. The van der Waals surface area contributed by atoms with E-state index in [9.17, 15) is 4.79 Å². The number of piperazine rings is 1. The number of nitrogens with zero attached hydrogens (tertiary/aromatic N) is 2. The molecule has 4 nitrogen and oxygen atoms in total. The molecule has 78 valence electrons. The van der Waals surface area contributed by atoms with Crippen LogP contribution < -0.4 is 10.2 Å². The average Bonchev–Trinajstić information content (AvgIpc) is 2.80. The Bertz CT molecular complexity index is 406. The maximum atomic E-state index is 11.9. The van der Waals surface area contributed by atoms with Gasteiger partial charge in [-0.3, -0.25) is 4.79 Å². The summed E-state index contributed by atoms with van der Waals surface area (Å²) in [6.45, 7) is 0.874. The monoisotopic (exact) mass is 223 g/mol. The second kappa shape index (κ2) is 3.18. The molecule has 2 atom stereocenters. The lowest BCUT2D eigenvalue weighted by Gasteiger charge is -2.27. The lowest BCUT2D eigenvalue weighted by molar-refractivity contribution is -0.119. The van der Waals surface area contributed by atoms with Crippen molar-refractivity contribution in [2.75, 3.05) is 11.4 Å². The third-order valence-corrected chi connectivity index (χ3v) is 3.22. The van der Waals surface area contributed by atoms with E-state index >= 15 is 0 Å². The Kier molecular flexibility index (Phi) is 1.94. The van der Waals surface area contributed by atoms with Crippen LogP contribution in [0.2, 0.25) is 5.15 Å². The molecule has 2 aliphatic rings. The number of aromatic nitrogens is 1. The number of nitrogens with one attached hydrogen (secondary N) is 1.